The molecule has 128 valence electrons. The molecule has 0 radical (unpaired) electrons. The van der Waals surface area contributed by atoms with Crippen molar-refractivity contribution >= 4 is 29.2 Å². The molecule has 23 heavy (non-hydrogen) atoms. The van der Waals surface area contributed by atoms with Crippen LogP contribution >= 0.6 is 11.6 Å². The average molecular weight is 362 g/mol. The number of benzene rings is 1. The first-order valence-electron chi connectivity index (χ1n) is 5.72. The minimum Gasteiger partial charge on any atom is -0.467 e. The molecular formula is C12H9ClF5NO4. The molecule has 2 atom stereocenters. The molecule has 1 aromatic carbocycles. The van der Waals surface area contributed by atoms with E-state index in [0.29, 0.717) is 13.2 Å². The van der Waals surface area contributed by atoms with Crippen LogP contribution in [-0.4, -0.2) is 41.2 Å². The zero-order valence-corrected chi connectivity index (χ0v) is 12.0. The third-order valence-electron chi connectivity index (χ3n) is 2.71. The highest BCUT2D eigenvalue weighted by Crippen LogP contribution is 2.37. The third-order valence-corrected chi connectivity index (χ3v) is 3.23. The Morgan fingerprint density at radius 2 is 1.87 bits per heavy atom. The molecule has 1 rings (SSSR count). The SMILES string of the molecule is COC(=O)C(O)(C(Cl)C(=O)Nc1ccc(F)cc1F)C(F)(F)F. The van der Waals surface area contributed by atoms with Crippen molar-refractivity contribution in [2.24, 2.45) is 0 Å². The van der Waals surface area contributed by atoms with Crippen molar-refractivity contribution in [2.45, 2.75) is 17.2 Å². The molecule has 2 unspecified atom stereocenters. The summed E-state index contributed by atoms with van der Waals surface area (Å²) in [6, 6.07) is 1.80. The van der Waals surface area contributed by atoms with Gasteiger partial charge < -0.3 is 15.2 Å². The van der Waals surface area contributed by atoms with E-state index in [4.69, 9.17) is 11.6 Å². The number of carbonyl (C=O) groups excluding carboxylic acids is 2. The largest absolute Gasteiger partial charge is 0.467 e. The average Bonchev–Trinajstić information content (AvgIpc) is 2.46. The van der Waals surface area contributed by atoms with Gasteiger partial charge in [0.2, 0.25) is 5.91 Å². The molecule has 0 spiro atoms. The van der Waals surface area contributed by atoms with Crippen LogP contribution in [0, 0.1) is 11.6 Å². The van der Waals surface area contributed by atoms with E-state index in [9.17, 15) is 36.6 Å². The molecule has 11 heteroatoms. The normalized spacial score (nSPS) is 15.5. The summed E-state index contributed by atoms with van der Waals surface area (Å²) in [6.45, 7) is 0. The predicted molar refractivity (Wildman–Crippen MR) is 67.6 cm³/mol. The minimum absolute atomic E-state index is 0.356. The Morgan fingerprint density at radius 3 is 2.30 bits per heavy atom. The second kappa shape index (κ2) is 6.67. The van der Waals surface area contributed by atoms with Crippen LogP contribution in [0.3, 0.4) is 0 Å². The second-order valence-electron chi connectivity index (χ2n) is 4.23. The molecule has 0 aliphatic carbocycles. The van der Waals surface area contributed by atoms with Crippen LogP contribution in [-0.2, 0) is 14.3 Å². The van der Waals surface area contributed by atoms with Gasteiger partial charge in [-0.3, -0.25) is 4.79 Å². The Hall–Kier alpha value is -1.94. The van der Waals surface area contributed by atoms with Gasteiger partial charge in [-0.25, -0.2) is 13.6 Å². The van der Waals surface area contributed by atoms with Gasteiger partial charge in [-0.15, -0.1) is 11.6 Å². The van der Waals surface area contributed by atoms with Gasteiger partial charge in [0.25, 0.3) is 5.60 Å². The molecule has 0 aliphatic heterocycles. The number of carbonyl (C=O) groups is 2. The van der Waals surface area contributed by atoms with E-state index in [1.807, 2.05) is 0 Å². The first kappa shape index (κ1) is 19.1. The number of amides is 1. The van der Waals surface area contributed by atoms with Gasteiger partial charge in [0.1, 0.15) is 11.6 Å². The number of aliphatic hydroxyl groups is 1. The number of esters is 1. The van der Waals surface area contributed by atoms with E-state index in [2.05, 4.69) is 4.74 Å². The van der Waals surface area contributed by atoms with Crippen LogP contribution < -0.4 is 5.32 Å². The lowest BCUT2D eigenvalue weighted by Gasteiger charge is -2.30. The molecule has 0 saturated heterocycles. The van der Waals surface area contributed by atoms with Crippen molar-refractivity contribution < 1.29 is 41.4 Å². The Morgan fingerprint density at radius 1 is 1.30 bits per heavy atom. The van der Waals surface area contributed by atoms with Gasteiger partial charge in [-0.05, 0) is 12.1 Å². The summed E-state index contributed by atoms with van der Waals surface area (Å²) in [5.74, 6) is -6.26. The fraction of sp³-hybridized carbons (Fsp3) is 0.333. The van der Waals surface area contributed by atoms with Gasteiger partial charge in [0, 0.05) is 6.07 Å². The van der Waals surface area contributed by atoms with E-state index in [1.165, 1.54) is 0 Å². The number of anilines is 1. The number of hydrogen-bond acceptors (Lipinski definition) is 4. The summed E-state index contributed by atoms with van der Waals surface area (Å²) in [4.78, 5) is 22.9. The van der Waals surface area contributed by atoms with Crippen molar-refractivity contribution in [3.05, 3.63) is 29.8 Å². The molecule has 2 N–H and O–H groups in total. The summed E-state index contributed by atoms with van der Waals surface area (Å²) >= 11 is 5.25. The lowest BCUT2D eigenvalue weighted by molar-refractivity contribution is -0.260. The van der Waals surface area contributed by atoms with Crippen LogP contribution in [0.1, 0.15) is 0 Å². The highest BCUT2D eigenvalue weighted by atomic mass is 35.5. The molecule has 0 aliphatic rings. The second-order valence-corrected chi connectivity index (χ2v) is 4.67. The van der Waals surface area contributed by atoms with Crippen LogP contribution in [0.2, 0.25) is 0 Å². The number of hydrogen-bond donors (Lipinski definition) is 2. The number of halogens is 6. The topological polar surface area (TPSA) is 75.6 Å². The number of rotatable bonds is 4. The molecule has 1 amide bonds. The molecule has 0 aromatic heterocycles. The first-order valence-corrected chi connectivity index (χ1v) is 6.16. The summed E-state index contributed by atoms with van der Waals surface area (Å²) in [5.41, 5.74) is -5.05. The lowest BCUT2D eigenvalue weighted by Crippen LogP contribution is -2.62. The van der Waals surface area contributed by atoms with E-state index in [-0.39, 0.29) is 0 Å². The maximum absolute atomic E-state index is 13.4. The number of ether oxygens (including phenoxy) is 1. The number of alkyl halides is 4. The van der Waals surface area contributed by atoms with Gasteiger partial charge >= 0.3 is 12.1 Å². The molecule has 5 nitrogen and oxygen atoms in total. The fourth-order valence-corrected chi connectivity index (χ4v) is 1.76. The van der Waals surface area contributed by atoms with Gasteiger partial charge in [-0.1, -0.05) is 0 Å². The van der Waals surface area contributed by atoms with Crippen molar-refractivity contribution in [1.82, 2.24) is 0 Å². The zero-order chi connectivity index (χ0) is 18.0. The molecule has 0 bridgehead atoms. The monoisotopic (exact) mass is 361 g/mol. The van der Waals surface area contributed by atoms with Crippen molar-refractivity contribution in [3.8, 4) is 0 Å². The minimum atomic E-state index is -5.65. The summed E-state index contributed by atoms with van der Waals surface area (Å²) in [5, 5.41) is 8.22. The number of methoxy groups -OCH3 is 1. The molecule has 0 heterocycles. The maximum atomic E-state index is 13.4. The Labute approximate surface area is 131 Å². The zero-order valence-electron chi connectivity index (χ0n) is 11.2. The Balaban J connectivity index is 3.12. The van der Waals surface area contributed by atoms with Crippen molar-refractivity contribution in [1.29, 1.82) is 0 Å². The maximum Gasteiger partial charge on any atom is 0.430 e. The van der Waals surface area contributed by atoms with E-state index < -0.39 is 46.4 Å². The standard InChI is InChI=1S/C12H9ClF5NO4/c1-23-10(21)11(22,12(16,17)18)8(13)9(20)19-7-3-2-5(14)4-6(7)15/h2-4,8,22H,1H3,(H,19,20). The van der Waals surface area contributed by atoms with Crippen LogP contribution in [0.25, 0.3) is 0 Å². The smallest absolute Gasteiger partial charge is 0.430 e. The van der Waals surface area contributed by atoms with Gasteiger partial charge in [0.05, 0.1) is 12.8 Å². The summed E-state index contributed by atoms with van der Waals surface area (Å²) in [7, 11) is 0.542. The van der Waals surface area contributed by atoms with E-state index in [1.54, 1.807) is 5.32 Å². The first-order chi connectivity index (χ1) is 10.4. The van der Waals surface area contributed by atoms with Crippen LogP contribution in [0.15, 0.2) is 18.2 Å². The Kier molecular flexibility index (Phi) is 5.54. The van der Waals surface area contributed by atoms with Gasteiger partial charge in [0.15, 0.2) is 5.38 Å². The third kappa shape index (κ3) is 3.70. The summed E-state index contributed by atoms with van der Waals surface area (Å²) < 4.78 is 68.5. The van der Waals surface area contributed by atoms with Crippen LogP contribution in [0.4, 0.5) is 27.6 Å². The highest BCUT2D eigenvalue weighted by molar-refractivity contribution is 6.35. The predicted octanol–water partition coefficient (Wildman–Crippen LogP) is 1.98. The van der Waals surface area contributed by atoms with Crippen molar-refractivity contribution in [2.75, 3.05) is 12.4 Å². The lowest BCUT2D eigenvalue weighted by atomic mass is 9.98. The quantitative estimate of drug-likeness (QED) is 0.488. The molecule has 0 fully saturated rings. The molecule has 0 saturated carbocycles. The molecular weight excluding hydrogens is 353 g/mol. The fourth-order valence-electron chi connectivity index (χ4n) is 1.50. The van der Waals surface area contributed by atoms with Crippen LogP contribution in [0.5, 0.6) is 0 Å². The van der Waals surface area contributed by atoms with Gasteiger partial charge in [-0.2, -0.15) is 13.2 Å². The van der Waals surface area contributed by atoms with E-state index >= 15 is 0 Å². The molecule has 1 aromatic rings. The highest BCUT2D eigenvalue weighted by Gasteiger charge is 2.67. The summed E-state index contributed by atoms with van der Waals surface area (Å²) in [6.07, 6.45) is -5.65. The Bertz CT molecular complexity index is 624. The number of nitrogens with one attached hydrogen (secondary N) is 1. The van der Waals surface area contributed by atoms with Crippen molar-refractivity contribution in [3.63, 3.8) is 0 Å². The van der Waals surface area contributed by atoms with E-state index in [0.717, 1.165) is 12.1 Å².